The summed E-state index contributed by atoms with van der Waals surface area (Å²) in [5.74, 6) is 0.807. The van der Waals surface area contributed by atoms with Crippen molar-refractivity contribution in [1.29, 1.82) is 0 Å². The summed E-state index contributed by atoms with van der Waals surface area (Å²) in [5, 5.41) is 2.07. The molecule has 4 rings (SSSR count). The molecular weight excluding hydrogens is 309 g/mol. The van der Waals surface area contributed by atoms with E-state index in [0.717, 1.165) is 45.2 Å². The second-order valence-corrected chi connectivity index (χ2v) is 8.00. The van der Waals surface area contributed by atoms with Crippen molar-refractivity contribution >= 4 is 35.7 Å². The lowest BCUT2D eigenvalue weighted by atomic mass is 9.75. The van der Waals surface area contributed by atoms with Crippen molar-refractivity contribution in [2.45, 2.75) is 33.6 Å². The molecule has 3 aromatic rings. The van der Waals surface area contributed by atoms with Crippen molar-refractivity contribution in [2.75, 3.05) is 5.73 Å². The van der Waals surface area contributed by atoms with Crippen LogP contribution in [0, 0.1) is 12.3 Å². The van der Waals surface area contributed by atoms with E-state index in [2.05, 4.69) is 41.7 Å². The van der Waals surface area contributed by atoms with Crippen LogP contribution in [0.1, 0.15) is 41.9 Å². The van der Waals surface area contributed by atoms with Crippen molar-refractivity contribution in [2.24, 2.45) is 5.41 Å². The Morgan fingerprint density at radius 3 is 2.76 bits per heavy atom. The second-order valence-electron chi connectivity index (χ2n) is 8.00. The molecule has 126 valence electrons. The van der Waals surface area contributed by atoms with Crippen molar-refractivity contribution in [3.63, 3.8) is 0 Å². The molecule has 0 saturated carbocycles. The summed E-state index contributed by atoms with van der Waals surface area (Å²) in [6.07, 6.45) is 5.41. The summed E-state index contributed by atoms with van der Waals surface area (Å²) in [6.45, 7) is 6.36. The first-order valence-corrected chi connectivity index (χ1v) is 8.66. The topological polar surface area (TPSA) is 60.9 Å². The summed E-state index contributed by atoms with van der Waals surface area (Å²) in [6, 6.07) is 6.23. The van der Waals surface area contributed by atoms with Crippen molar-refractivity contribution in [3.05, 3.63) is 47.4 Å². The number of hydrogen-bond donors (Lipinski definition) is 1. The van der Waals surface area contributed by atoms with Crippen molar-refractivity contribution in [3.8, 4) is 5.69 Å². The molecule has 2 heterocycles. The average molecular weight is 331 g/mol. The lowest BCUT2D eigenvalue weighted by molar-refractivity contribution is 0.0910. The maximum atomic E-state index is 12.6. The van der Waals surface area contributed by atoms with E-state index in [1.807, 2.05) is 27.0 Å². The van der Waals surface area contributed by atoms with Gasteiger partial charge >= 0.3 is 0 Å². The smallest absolute Gasteiger partial charge is 0.165 e. The second kappa shape index (κ2) is 5.22. The molecule has 1 aromatic carbocycles. The van der Waals surface area contributed by atoms with Crippen LogP contribution < -0.4 is 11.2 Å². The third-order valence-electron chi connectivity index (χ3n) is 5.24. The monoisotopic (exact) mass is 331 g/mol. The first kappa shape index (κ1) is 15.9. The lowest BCUT2D eigenvalue weighted by Gasteiger charge is -2.30. The highest BCUT2D eigenvalue weighted by molar-refractivity contribution is 6.39. The Morgan fingerprint density at radius 2 is 2.00 bits per heavy atom. The number of rotatable bonds is 1. The molecule has 0 radical (unpaired) electrons. The predicted octanol–water partition coefficient (Wildman–Crippen LogP) is 2.33. The Hall–Kier alpha value is -2.56. The quantitative estimate of drug-likeness (QED) is 0.696. The Bertz CT molecular complexity index is 1030. The zero-order chi connectivity index (χ0) is 17.9. The average Bonchev–Trinajstić information content (AvgIpc) is 2.86. The fraction of sp³-hybridized carbons (Fsp3) is 0.300. The molecule has 5 heteroatoms. The maximum absolute atomic E-state index is 12.6. The number of nitrogens with zero attached hydrogens (tertiary/aromatic N) is 2. The number of ketones is 1. The molecule has 2 N–H and O–H groups in total. The van der Waals surface area contributed by atoms with Gasteiger partial charge in [-0.25, -0.2) is 4.98 Å². The summed E-state index contributed by atoms with van der Waals surface area (Å²) >= 11 is 0. The molecule has 25 heavy (non-hydrogen) atoms. The number of benzene rings is 1. The van der Waals surface area contributed by atoms with Gasteiger partial charge in [-0.2, -0.15) is 0 Å². The van der Waals surface area contributed by atoms with E-state index in [1.54, 1.807) is 0 Å². The van der Waals surface area contributed by atoms with Gasteiger partial charge in [0.2, 0.25) is 0 Å². The van der Waals surface area contributed by atoms with E-state index < -0.39 is 0 Å². The summed E-state index contributed by atoms with van der Waals surface area (Å²) in [5.41, 5.74) is 11.3. The molecule has 0 bridgehead atoms. The van der Waals surface area contributed by atoms with Crippen LogP contribution in [0.3, 0.4) is 0 Å². The molecule has 2 aromatic heterocycles. The molecule has 0 atom stereocenters. The first-order valence-electron chi connectivity index (χ1n) is 8.66. The zero-order valence-corrected chi connectivity index (χ0v) is 15.2. The standard InChI is InChI=1S/C20H22BN3O/c1-11-10-24(16-7-20(2,3)8-17(25)18(11)16)12-4-5-13-14(6-12)15(21)9-23-19(13)22/h4-6,9-10H,7-8,21H2,1-3H3,(H2,22,23). The number of aromatic nitrogens is 2. The van der Waals surface area contributed by atoms with E-state index in [4.69, 9.17) is 5.73 Å². The molecule has 0 spiro atoms. The summed E-state index contributed by atoms with van der Waals surface area (Å²) in [7, 11) is 2.04. The normalized spacial score (nSPS) is 16.2. The van der Waals surface area contributed by atoms with Crippen LogP contribution in [0.15, 0.2) is 30.6 Å². The number of nitrogen functional groups attached to an aromatic ring is 1. The van der Waals surface area contributed by atoms with Gasteiger partial charge in [0.25, 0.3) is 0 Å². The third-order valence-corrected chi connectivity index (χ3v) is 5.24. The number of anilines is 1. The van der Waals surface area contributed by atoms with Gasteiger partial charge in [-0.3, -0.25) is 4.79 Å². The number of carbonyl (C=O) groups excluding carboxylic acids is 1. The van der Waals surface area contributed by atoms with Gasteiger partial charge < -0.3 is 10.3 Å². The van der Waals surface area contributed by atoms with Crippen LogP contribution in [0.4, 0.5) is 5.82 Å². The minimum atomic E-state index is -0.00621. The molecule has 0 amide bonds. The maximum Gasteiger partial charge on any atom is 0.165 e. The largest absolute Gasteiger partial charge is 0.383 e. The molecule has 0 unspecified atom stereocenters. The third kappa shape index (κ3) is 2.46. The van der Waals surface area contributed by atoms with Crippen LogP contribution in [-0.2, 0) is 6.42 Å². The van der Waals surface area contributed by atoms with E-state index >= 15 is 0 Å². The predicted molar refractivity (Wildman–Crippen MR) is 105 cm³/mol. The number of aryl methyl sites for hydroxylation is 1. The van der Waals surface area contributed by atoms with Gasteiger partial charge in [-0.1, -0.05) is 19.3 Å². The van der Waals surface area contributed by atoms with Gasteiger partial charge in [-0.05, 0) is 47.9 Å². The first-order chi connectivity index (χ1) is 11.8. The Kier molecular flexibility index (Phi) is 3.33. The molecule has 1 aliphatic rings. The van der Waals surface area contributed by atoms with Crippen molar-refractivity contribution in [1.82, 2.24) is 9.55 Å². The molecule has 4 nitrogen and oxygen atoms in total. The van der Waals surface area contributed by atoms with E-state index in [1.165, 1.54) is 0 Å². The van der Waals surface area contributed by atoms with Crippen LogP contribution in [0.25, 0.3) is 16.5 Å². The number of fused-ring (bicyclic) bond motifs is 2. The highest BCUT2D eigenvalue weighted by atomic mass is 16.1. The number of hydrogen-bond acceptors (Lipinski definition) is 3. The molecule has 1 aliphatic carbocycles. The zero-order valence-electron chi connectivity index (χ0n) is 15.2. The highest BCUT2D eigenvalue weighted by Gasteiger charge is 2.34. The fourth-order valence-corrected chi connectivity index (χ4v) is 4.04. The van der Waals surface area contributed by atoms with Crippen LogP contribution in [0.5, 0.6) is 0 Å². The van der Waals surface area contributed by atoms with Crippen molar-refractivity contribution < 1.29 is 4.79 Å². The fourth-order valence-electron chi connectivity index (χ4n) is 4.04. The summed E-state index contributed by atoms with van der Waals surface area (Å²) in [4.78, 5) is 16.9. The molecular formula is C20H22BN3O. The Morgan fingerprint density at radius 1 is 1.24 bits per heavy atom. The molecule has 0 fully saturated rings. The Balaban J connectivity index is 1.95. The lowest BCUT2D eigenvalue weighted by Crippen LogP contribution is -2.28. The number of pyridine rings is 1. The van der Waals surface area contributed by atoms with Crippen LogP contribution in [-0.4, -0.2) is 23.2 Å². The Labute approximate surface area is 148 Å². The minimum absolute atomic E-state index is 0.00621. The SMILES string of the molecule is Bc1cnc(N)c2ccc(-n3cc(C)c4c3CC(C)(C)CC4=O)cc12. The van der Waals surface area contributed by atoms with Gasteiger partial charge in [0.15, 0.2) is 5.78 Å². The van der Waals surface area contributed by atoms with E-state index in [-0.39, 0.29) is 11.2 Å². The van der Waals surface area contributed by atoms with E-state index in [9.17, 15) is 4.79 Å². The number of nitrogens with two attached hydrogens (primary N) is 1. The van der Waals surface area contributed by atoms with Gasteiger partial charge in [0.1, 0.15) is 13.7 Å². The minimum Gasteiger partial charge on any atom is -0.383 e. The van der Waals surface area contributed by atoms with E-state index in [0.29, 0.717) is 12.2 Å². The summed E-state index contributed by atoms with van der Waals surface area (Å²) < 4.78 is 2.18. The molecule has 0 saturated heterocycles. The van der Waals surface area contributed by atoms with Gasteiger partial charge in [0.05, 0.1) is 0 Å². The molecule has 0 aliphatic heterocycles. The number of carbonyl (C=O) groups is 1. The van der Waals surface area contributed by atoms with Gasteiger partial charge in [0, 0.05) is 41.1 Å². The van der Waals surface area contributed by atoms with Crippen LogP contribution in [0.2, 0.25) is 0 Å². The van der Waals surface area contributed by atoms with Gasteiger partial charge in [-0.15, -0.1) is 0 Å². The number of Topliss-reactive ketones (excluding diaryl/α,β-unsaturated/α-hetero) is 1. The highest BCUT2D eigenvalue weighted by Crippen LogP contribution is 2.38. The van der Waals surface area contributed by atoms with Crippen LogP contribution >= 0.6 is 0 Å².